The first-order chi connectivity index (χ1) is 11.2. The zero-order valence-corrected chi connectivity index (χ0v) is 14.9. The smallest absolute Gasteiger partial charge is 0.240 e. The highest BCUT2D eigenvalue weighted by Crippen LogP contribution is 2.17. The van der Waals surface area contributed by atoms with Crippen LogP contribution in [0, 0.1) is 0 Å². The summed E-state index contributed by atoms with van der Waals surface area (Å²) in [5.41, 5.74) is 0.607. The van der Waals surface area contributed by atoms with Gasteiger partial charge in [-0.1, -0.05) is 6.07 Å². The molecule has 0 aliphatic rings. The van der Waals surface area contributed by atoms with Crippen molar-refractivity contribution in [2.24, 2.45) is 0 Å². The van der Waals surface area contributed by atoms with Crippen LogP contribution in [0.3, 0.4) is 0 Å². The van der Waals surface area contributed by atoms with E-state index < -0.39 is 19.9 Å². The number of aromatic nitrogens is 1. The van der Waals surface area contributed by atoms with Gasteiger partial charge in [-0.05, 0) is 37.3 Å². The monoisotopic (exact) mass is 370 g/mol. The van der Waals surface area contributed by atoms with Crippen molar-refractivity contribution in [2.75, 3.05) is 12.9 Å². The van der Waals surface area contributed by atoms with Gasteiger partial charge in [0.25, 0.3) is 0 Å². The molecule has 1 heterocycles. The molecule has 0 radical (unpaired) electrons. The van der Waals surface area contributed by atoms with Gasteiger partial charge in [0.05, 0.1) is 16.4 Å². The second-order valence-electron chi connectivity index (χ2n) is 4.97. The number of nitrogens with one attached hydrogen (secondary N) is 1. The molecule has 0 saturated heterocycles. The van der Waals surface area contributed by atoms with Crippen molar-refractivity contribution in [3.63, 3.8) is 0 Å². The Labute approximate surface area is 141 Å². The van der Waals surface area contributed by atoms with E-state index in [-0.39, 0.29) is 16.3 Å². The number of sulfonamides is 1. The van der Waals surface area contributed by atoms with Crippen LogP contribution >= 0.6 is 0 Å². The first-order valence-corrected chi connectivity index (χ1v) is 10.5. The van der Waals surface area contributed by atoms with Crippen LogP contribution in [0.4, 0.5) is 0 Å². The quantitative estimate of drug-likeness (QED) is 0.789. The van der Waals surface area contributed by atoms with Gasteiger partial charge < -0.3 is 4.74 Å². The van der Waals surface area contributed by atoms with Crippen molar-refractivity contribution in [1.29, 1.82) is 0 Å². The van der Waals surface area contributed by atoms with E-state index in [2.05, 4.69) is 9.71 Å². The number of ether oxygens (including phenoxy) is 1. The predicted molar refractivity (Wildman–Crippen MR) is 89.0 cm³/mol. The van der Waals surface area contributed by atoms with Crippen molar-refractivity contribution >= 4 is 19.9 Å². The van der Waals surface area contributed by atoms with Gasteiger partial charge in [-0.2, -0.15) is 0 Å². The fourth-order valence-corrected chi connectivity index (χ4v) is 3.58. The summed E-state index contributed by atoms with van der Waals surface area (Å²) in [6.45, 7) is 2.25. The summed E-state index contributed by atoms with van der Waals surface area (Å²) < 4.78 is 55.3. The van der Waals surface area contributed by atoms with Gasteiger partial charge in [0, 0.05) is 24.6 Å². The van der Waals surface area contributed by atoms with E-state index in [9.17, 15) is 16.8 Å². The molecule has 0 bridgehead atoms. The average Bonchev–Trinajstić information content (AvgIpc) is 2.54. The first-order valence-electron chi connectivity index (χ1n) is 7.10. The van der Waals surface area contributed by atoms with Crippen LogP contribution in [0.2, 0.25) is 0 Å². The van der Waals surface area contributed by atoms with E-state index in [1.165, 1.54) is 24.3 Å². The zero-order valence-electron chi connectivity index (χ0n) is 13.3. The number of benzene rings is 1. The first kappa shape index (κ1) is 18.4. The number of hydrogen-bond acceptors (Lipinski definition) is 6. The molecule has 1 aromatic heterocycles. The van der Waals surface area contributed by atoms with Crippen molar-refractivity contribution in [3.05, 3.63) is 48.2 Å². The van der Waals surface area contributed by atoms with E-state index in [1.54, 1.807) is 18.3 Å². The van der Waals surface area contributed by atoms with Gasteiger partial charge in [-0.3, -0.25) is 0 Å². The summed E-state index contributed by atoms with van der Waals surface area (Å²) in [5, 5.41) is 0. The maximum absolute atomic E-state index is 12.3. The molecule has 0 spiro atoms. The second-order valence-corrected chi connectivity index (χ2v) is 8.75. The SMILES string of the molecule is CCOc1ncccc1CNS(=O)(=O)c1ccc(S(C)(=O)=O)cc1. The topological polar surface area (TPSA) is 102 Å². The van der Waals surface area contributed by atoms with Crippen molar-refractivity contribution < 1.29 is 21.6 Å². The summed E-state index contributed by atoms with van der Waals surface area (Å²) in [7, 11) is -7.15. The average molecular weight is 370 g/mol. The van der Waals surface area contributed by atoms with Crippen molar-refractivity contribution in [2.45, 2.75) is 23.3 Å². The summed E-state index contributed by atoms with van der Waals surface area (Å²) in [6, 6.07) is 8.44. The molecule has 0 fully saturated rings. The molecule has 0 saturated carbocycles. The summed E-state index contributed by atoms with van der Waals surface area (Å²) >= 11 is 0. The van der Waals surface area contributed by atoms with Gasteiger partial charge in [-0.25, -0.2) is 26.5 Å². The minimum atomic E-state index is -3.78. The number of pyridine rings is 1. The lowest BCUT2D eigenvalue weighted by Gasteiger charge is -2.10. The highest BCUT2D eigenvalue weighted by atomic mass is 32.2. The van der Waals surface area contributed by atoms with Crippen LogP contribution in [-0.4, -0.2) is 34.7 Å². The Morgan fingerprint density at radius 2 is 1.67 bits per heavy atom. The Kier molecular flexibility index (Phi) is 5.58. The molecule has 9 heteroatoms. The van der Waals surface area contributed by atoms with Crippen LogP contribution in [0.5, 0.6) is 5.88 Å². The Morgan fingerprint density at radius 1 is 1.04 bits per heavy atom. The van der Waals surface area contributed by atoms with Crippen LogP contribution in [0.25, 0.3) is 0 Å². The van der Waals surface area contributed by atoms with E-state index in [0.29, 0.717) is 18.1 Å². The molecule has 0 aliphatic carbocycles. The van der Waals surface area contributed by atoms with Gasteiger partial charge in [-0.15, -0.1) is 0 Å². The van der Waals surface area contributed by atoms with Crippen LogP contribution in [0.1, 0.15) is 12.5 Å². The molecule has 0 amide bonds. The number of nitrogens with zero attached hydrogens (tertiary/aromatic N) is 1. The fraction of sp³-hybridized carbons (Fsp3) is 0.267. The molecule has 1 N–H and O–H groups in total. The molecule has 130 valence electrons. The molecule has 1 aromatic carbocycles. The van der Waals surface area contributed by atoms with Crippen LogP contribution in [-0.2, 0) is 26.4 Å². The third-order valence-electron chi connectivity index (χ3n) is 3.15. The molecular formula is C15H18N2O5S2. The van der Waals surface area contributed by atoms with Gasteiger partial charge >= 0.3 is 0 Å². The van der Waals surface area contributed by atoms with Gasteiger partial charge in [0.2, 0.25) is 15.9 Å². The van der Waals surface area contributed by atoms with Crippen molar-refractivity contribution in [3.8, 4) is 5.88 Å². The number of hydrogen-bond donors (Lipinski definition) is 1. The molecule has 24 heavy (non-hydrogen) atoms. The number of sulfone groups is 1. The molecule has 2 rings (SSSR count). The van der Waals surface area contributed by atoms with Gasteiger partial charge in [0.15, 0.2) is 9.84 Å². The predicted octanol–water partition coefficient (Wildman–Crippen LogP) is 1.36. The Balaban J connectivity index is 2.17. The highest BCUT2D eigenvalue weighted by Gasteiger charge is 2.16. The van der Waals surface area contributed by atoms with E-state index in [0.717, 1.165) is 6.26 Å². The van der Waals surface area contributed by atoms with Crippen molar-refractivity contribution in [1.82, 2.24) is 9.71 Å². The Hall–Kier alpha value is -1.97. The third-order valence-corrected chi connectivity index (χ3v) is 5.69. The molecule has 0 aliphatic heterocycles. The van der Waals surface area contributed by atoms with E-state index >= 15 is 0 Å². The summed E-state index contributed by atoms with van der Waals surface area (Å²) in [6.07, 6.45) is 2.62. The minimum absolute atomic E-state index is 0.0132. The Morgan fingerprint density at radius 3 is 2.25 bits per heavy atom. The highest BCUT2D eigenvalue weighted by molar-refractivity contribution is 7.90. The minimum Gasteiger partial charge on any atom is -0.478 e. The fourth-order valence-electron chi connectivity index (χ4n) is 1.95. The van der Waals surface area contributed by atoms with E-state index in [4.69, 9.17) is 4.74 Å². The summed E-state index contributed by atoms with van der Waals surface area (Å²) in [5.74, 6) is 0.370. The van der Waals surface area contributed by atoms with E-state index in [1.807, 2.05) is 6.92 Å². The maximum atomic E-state index is 12.3. The Bertz CT molecular complexity index is 907. The lowest BCUT2D eigenvalue weighted by atomic mass is 10.3. The molecule has 7 nitrogen and oxygen atoms in total. The molecule has 0 atom stereocenters. The molecule has 0 unspecified atom stereocenters. The summed E-state index contributed by atoms with van der Waals surface area (Å²) in [4.78, 5) is 4.10. The third kappa shape index (κ3) is 4.53. The maximum Gasteiger partial charge on any atom is 0.240 e. The standard InChI is InChI=1S/C15H18N2O5S2/c1-3-22-15-12(5-4-10-16-15)11-17-24(20,21)14-8-6-13(7-9-14)23(2,18)19/h4-10,17H,3,11H2,1-2H3. The largest absolute Gasteiger partial charge is 0.478 e. The normalized spacial score (nSPS) is 12.1. The molecular weight excluding hydrogens is 352 g/mol. The van der Waals surface area contributed by atoms with Gasteiger partial charge in [0.1, 0.15) is 0 Å². The lowest BCUT2D eigenvalue weighted by Crippen LogP contribution is -2.23. The second kappa shape index (κ2) is 7.29. The van der Waals surface area contributed by atoms with Crippen LogP contribution < -0.4 is 9.46 Å². The lowest BCUT2D eigenvalue weighted by molar-refractivity contribution is 0.322. The number of rotatable bonds is 7. The zero-order chi connectivity index (χ0) is 17.8. The van der Waals surface area contributed by atoms with Crippen LogP contribution in [0.15, 0.2) is 52.4 Å². The molecule has 2 aromatic rings.